The van der Waals surface area contributed by atoms with Crippen molar-refractivity contribution in [2.75, 3.05) is 56.2 Å². The molecule has 2 aromatic rings. The van der Waals surface area contributed by atoms with Gasteiger partial charge in [-0.1, -0.05) is 6.92 Å². The number of nitrogens with one attached hydrogen (secondary N) is 1. The smallest absolute Gasteiger partial charge is 0.338 e. The van der Waals surface area contributed by atoms with Gasteiger partial charge in [-0.3, -0.25) is 14.9 Å². The lowest BCUT2D eigenvalue weighted by molar-refractivity contribution is -0.385. The van der Waals surface area contributed by atoms with E-state index in [-0.39, 0.29) is 30.2 Å². The van der Waals surface area contributed by atoms with E-state index in [1.54, 1.807) is 32.0 Å². The Hall–Kier alpha value is -3.66. The highest BCUT2D eigenvalue weighted by atomic mass is 16.6. The zero-order valence-electron chi connectivity index (χ0n) is 19.7. The van der Waals surface area contributed by atoms with E-state index in [1.165, 1.54) is 18.2 Å². The van der Waals surface area contributed by atoms with Gasteiger partial charge in [0.1, 0.15) is 0 Å². The van der Waals surface area contributed by atoms with Crippen LogP contribution in [0.3, 0.4) is 0 Å². The number of nitro benzene ring substituents is 1. The first kappa shape index (κ1) is 25.0. The van der Waals surface area contributed by atoms with Crippen LogP contribution in [0.5, 0.6) is 5.75 Å². The van der Waals surface area contributed by atoms with E-state index in [0.29, 0.717) is 11.3 Å². The number of hydrogen-bond acceptors (Lipinski definition) is 8. The second-order valence-electron chi connectivity index (χ2n) is 7.70. The fourth-order valence-corrected chi connectivity index (χ4v) is 3.83. The third kappa shape index (κ3) is 5.82. The number of rotatable bonds is 9. The Labute approximate surface area is 198 Å². The molecule has 10 heteroatoms. The quantitative estimate of drug-likeness (QED) is 0.336. The summed E-state index contributed by atoms with van der Waals surface area (Å²) >= 11 is 0. The van der Waals surface area contributed by atoms with Gasteiger partial charge in [-0.2, -0.15) is 0 Å². The summed E-state index contributed by atoms with van der Waals surface area (Å²) in [4.78, 5) is 40.7. The number of ether oxygens (including phenoxy) is 2. The molecule has 182 valence electrons. The molecular weight excluding hydrogens is 440 g/mol. The Balaban J connectivity index is 1.92. The molecule has 3 rings (SSSR count). The summed E-state index contributed by atoms with van der Waals surface area (Å²) in [7, 11) is 0. The van der Waals surface area contributed by atoms with Gasteiger partial charge < -0.3 is 24.6 Å². The van der Waals surface area contributed by atoms with E-state index in [9.17, 15) is 19.7 Å². The lowest BCUT2D eigenvalue weighted by Gasteiger charge is -2.36. The van der Waals surface area contributed by atoms with Gasteiger partial charge in [0.15, 0.2) is 5.75 Å². The first-order valence-electron chi connectivity index (χ1n) is 11.4. The SMILES string of the molecule is CCOC(=O)c1ccc(N2CCN(CC)CC2)c(NC(=O)c2ccc(OCC)c([N+](=O)[O-])c2)c1. The van der Waals surface area contributed by atoms with Crippen LogP contribution in [0.25, 0.3) is 0 Å². The maximum absolute atomic E-state index is 13.1. The summed E-state index contributed by atoms with van der Waals surface area (Å²) in [6.45, 7) is 10.3. The lowest BCUT2D eigenvalue weighted by atomic mass is 10.1. The fourth-order valence-electron chi connectivity index (χ4n) is 3.83. The van der Waals surface area contributed by atoms with Crippen molar-refractivity contribution < 1.29 is 24.0 Å². The molecule has 10 nitrogen and oxygen atoms in total. The molecule has 1 heterocycles. The molecule has 34 heavy (non-hydrogen) atoms. The van der Waals surface area contributed by atoms with E-state index < -0.39 is 16.8 Å². The second kappa shape index (κ2) is 11.5. The van der Waals surface area contributed by atoms with Gasteiger partial charge in [-0.15, -0.1) is 0 Å². The fraction of sp³-hybridized carbons (Fsp3) is 0.417. The van der Waals surface area contributed by atoms with Gasteiger partial charge >= 0.3 is 11.7 Å². The topological polar surface area (TPSA) is 114 Å². The van der Waals surface area contributed by atoms with Crippen LogP contribution in [0.2, 0.25) is 0 Å². The standard InChI is InChI=1S/C24H30N4O6/c1-4-26-11-13-27(14-12-26)20-9-7-18(24(30)34-6-3)15-19(20)25-23(29)17-8-10-22(33-5-2)21(16-17)28(31)32/h7-10,15-16H,4-6,11-14H2,1-3H3,(H,25,29). The molecule has 1 saturated heterocycles. The zero-order chi connectivity index (χ0) is 24.7. The van der Waals surface area contributed by atoms with Crippen molar-refractivity contribution in [3.63, 3.8) is 0 Å². The molecule has 0 bridgehead atoms. The number of esters is 1. The number of piperazine rings is 1. The van der Waals surface area contributed by atoms with E-state index in [4.69, 9.17) is 9.47 Å². The van der Waals surface area contributed by atoms with Gasteiger partial charge in [-0.05, 0) is 50.7 Å². The molecule has 1 N–H and O–H groups in total. The van der Waals surface area contributed by atoms with Gasteiger partial charge in [-0.25, -0.2) is 4.79 Å². The maximum atomic E-state index is 13.1. The lowest BCUT2D eigenvalue weighted by Crippen LogP contribution is -2.46. The van der Waals surface area contributed by atoms with Crippen molar-refractivity contribution in [1.29, 1.82) is 0 Å². The summed E-state index contributed by atoms with van der Waals surface area (Å²) < 4.78 is 10.4. The average Bonchev–Trinajstić information content (AvgIpc) is 2.84. The molecule has 0 spiro atoms. The predicted molar refractivity (Wildman–Crippen MR) is 129 cm³/mol. The minimum atomic E-state index is -0.582. The number of nitrogens with zero attached hydrogens (tertiary/aromatic N) is 3. The van der Waals surface area contributed by atoms with Crippen LogP contribution < -0.4 is 15.0 Å². The minimum absolute atomic E-state index is 0.0999. The molecule has 1 aliphatic rings. The summed E-state index contributed by atoms with van der Waals surface area (Å²) in [5.74, 6) is -0.916. The third-order valence-electron chi connectivity index (χ3n) is 5.63. The van der Waals surface area contributed by atoms with E-state index in [2.05, 4.69) is 22.0 Å². The summed E-state index contributed by atoms with van der Waals surface area (Å²) in [5, 5.41) is 14.3. The molecule has 1 fully saturated rings. The van der Waals surface area contributed by atoms with Crippen LogP contribution in [-0.4, -0.2) is 67.6 Å². The molecule has 1 aliphatic heterocycles. The number of carbonyl (C=O) groups excluding carboxylic acids is 2. The Morgan fingerprint density at radius 1 is 1.00 bits per heavy atom. The van der Waals surface area contributed by atoms with Crippen molar-refractivity contribution in [3.05, 3.63) is 57.6 Å². The highest BCUT2D eigenvalue weighted by Gasteiger charge is 2.23. The number of anilines is 2. The minimum Gasteiger partial charge on any atom is -0.487 e. The largest absolute Gasteiger partial charge is 0.487 e. The Bertz CT molecular complexity index is 1050. The van der Waals surface area contributed by atoms with E-state index in [0.717, 1.165) is 38.4 Å². The van der Waals surface area contributed by atoms with Crippen LogP contribution in [0.4, 0.5) is 17.1 Å². The van der Waals surface area contributed by atoms with Crippen molar-refractivity contribution in [2.24, 2.45) is 0 Å². The second-order valence-corrected chi connectivity index (χ2v) is 7.70. The number of carbonyl (C=O) groups is 2. The van der Waals surface area contributed by atoms with Crippen molar-refractivity contribution in [3.8, 4) is 5.75 Å². The summed E-state index contributed by atoms with van der Waals surface area (Å²) in [6.07, 6.45) is 0. The molecule has 2 aromatic carbocycles. The monoisotopic (exact) mass is 470 g/mol. The summed E-state index contributed by atoms with van der Waals surface area (Å²) in [5.41, 5.74) is 1.35. The first-order valence-corrected chi connectivity index (χ1v) is 11.4. The number of hydrogen-bond donors (Lipinski definition) is 1. The molecular formula is C24H30N4O6. The average molecular weight is 471 g/mol. The highest BCUT2D eigenvalue weighted by Crippen LogP contribution is 2.31. The Morgan fingerprint density at radius 3 is 2.32 bits per heavy atom. The maximum Gasteiger partial charge on any atom is 0.338 e. The normalized spacial score (nSPS) is 13.9. The van der Waals surface area contributed by atoms with Gasteiger partial charge in [0, 0.05) is 37.8 Å². The number of amides is 1. The van der Waals surface area contributed by atoms with Crippen LogP contribution in [-0.2, 0) is 4.74 Å². The Morgan fingerprint density at radius 2 is 1.71 bits per heavy atom. The van der Waals surface area contributed by atoms with Crippen LogP contribution in [0, 0.1) is 10.1 Å². The molecule has 0 unspecified atom stereocenters. The highest BCUT2D eigenvalue weighted by molar-refractivity contribution is 6.07. The van der Waals surface area contributed by atoms with Crippen LogP contribution in [0.1, 0.15) is 41.5 Å². The number of nitro groups is 1. The number of likely N-dealkylation sites (N-methyl/N-ethyl adjacent to an activating group) is 1. The van der Waals surface area contributed by atoms with Crippen molar-refractivity contribution in [2.45, 2.75) is 20.8 Å². The molecule has 0 aromatic heterocycles. The van der Waals surface area contributed by atoms with Crippen molar-refractivity contribution >= 4 is 28.9 Å². The molecule has 0 atom stereocenters. The molecule has 1 amide bonds. The van der Waals surface area contributed by atoms with Gasteiger partial charge in [0.25, 0.3) is 5.91 Å². The van der Waals surface area contributed by atoms with Crippen LogP contribution >= 0.6 is 0 Å². The zero-order valence-corrected chi connectivity index (χ0v) is 19.7. The van der Waals surface area contributed by atoms with E-state index >= 15 is 0 Å². The Kier molecular flexibility index (Phi) is 8.42. The molecule has 0 aliphatic carbocycles. The molecule has 0 radical (unpaired) electrons. The predicted octanol–water partition coefficient (Wildman–Crippen LogP) is 3.56. The van der Waals surface area contributed by atoms with Crippen molar-refractivity contribution in [1.82, 2.24) is 4.90 Å². The van der Waals surface area contributed by atoms with Crippen LogP contribution in [0.15, 0.2) is 36.4 Å². The third-order valence-corrected chi connectivity index (χ3v) is 5.63. The van der Waals surface area contributed by atoms with Gasteiger partial charge in [0.05, 0.1) is 35.1 Å². The molecule has 0 saturated carbocycles. The number of benzene rings is 2. The summed E-state index contributed by atoms with van der Waals surface area (Å²) in [6, 6.07) is 9.13. The van der Waals surface area contributed by atoms with E-state index in [1.807, 2.05) is 0 Å². The van der Waals surface area contributed by atoms with Gasteiger partial charge in [0.2, 0.25) is 0 Å². The first-order chi connectivity index (χ1) is 16.4.